The van der Waals surface area contributed by atoms with Crippen molar-refractivity contribution in [1.82, 2.24) is 9.38 Å². The van der Waals surface area contributed by atoms with Gasteiger partial charge >= 0.3 is 0 Å². The van der Waals surface area contributed by atoms with Gasteiger partial charge in [-0.15, -0.1) is 0 Å². The van der Waals surface area contributed by atoms with Gasteiger partial charge in [0.25, 0.3) is 0 Å². The fourth-order valence-electron chi connectivity index (χ4n) is 1.72. The summed E-state index contributed by atoms with van der Waals surface area (Å²) in [6.45, 7) is 0. The number of imidazole rings is 1. The summed E-state index contributed by atoms with van der Waals surface area (Å²) in [5, 5.41) is 0. The summed E-state index contributed by atoms with van der Waals surface area (Å²) in [6, 6.07) is 7.57. The first-order valence-electron chi connectivity index (χ1n) is 5.39. The van der Waals surface area contributed by atoms with Gasteiger partial charge in [0.15, 0.2) is 11.6 Å². The molecule has 3 nitrogen and oxygen atoms in total. The standard InChI is InChI=1S/C13H7BrF2N2O/c14-8-6-9(15)13(16)10(7-8)19-12-3-1-2-11-17-4-5-18(11)12/h1-7H. The Kier molecular flexibility index (Phi) is 2.94. The molecule has 0 amide bonds. The molecular weight excluding hydrogens is 318 g/mol. The Morgan fingerprint density at radius 2 is 2.05 bits per heavy atom. The molecule has 0 radical (unpaired) electrons. The molecule has 0 spiro atoms. The van der Waals surface area contributed by atoms with E-state index in [4.69, 9.17) is 4.74 Å². The molecule has 0 saturated carbocycles. The van der Waals surface area contributed by atoms with Crippen LogP contribution in [0.15, 0.2) is 47.2 Å². The van der Waals surface area contributed by atoms with Crippen LogP contribution in [0.2, 0.25) is 0 Å². The number of nitrogens with zero attached hydrogens (tertiary/aromatic N) is 2. The second-order valence-corrected chi connectivity index (χ2v) is 4.74. The van der Waals surface area contributed by atoms with Crippen LogP contribution in [0.1, 0.15) is 0 Å². The molecule has 19 heavy (non-hydrogen) atoms. The smallest absolute Gasteiger partial charge is 0.205 e. The molecule has 0 bridgehead atoms. The molecular formula is C13H7BrF2N2O. The van der Waals surface area contributed by atoms with E-state index in [9.17, 15) is 8.78 Å². The fourth-order valence-corrected chi connectivity index (χ4v) is 2.13. The van der Waals surface area contributed by atoms with E-state index in [1.165, 1.54) is 6.07 Å². The predicted molar refractivity (Wildman–Crippen MR) is 69.3 cm³/mol. The van der Waals surface area contributed by atoms with Crippen molar-refractivity contribution in [3.8, 4) is 11.6 Å². The summed E-state index contributed by atoms with van der Waals surface area (Å²) in [7, 11) is 0. The number of halogens is 3. The van der Waals surface area contributed by atoms with Crippen LogP contribution in [0, 0.1) is 11.6 Å². The lowest BCUT2D eigenvalue weighted by atomic mass is 10.3. The molecule has 3 aromatic rings. The average molecular weight is 325 g/mol. The highest BCUT2D eigenvalue weighted by Gasteiger charge is 2.13. The third-order valence-electron chi connectivity index (χ3n) is 2.57. The number of hydrogen-bond donors (Lipinski definition) is 0. The van der Waals surface area contributed by atoms with Gasteiger partial charge in [0.05, 0.1) is 0 Å². The van der Waals surface area contributed by atoms with E-state index >= 15 is 0 Å². The minimum absolute atomic E-state index is 0.187. The lowest BCUT2D eigenvalue weighted by molar-refractivity contribution is 0.401. The highest BCUT2D eigenvalue weighted by Crippen LogP contribution is 2.29. The van der Waals surface area contributed by atoms with Gasteiger partial charge in [0.1, 0.15) is 5.65 Å². The third-order valence-corrected chi connectivity index (χ3v) is 3.02. The van der Waals surface area contributed by atoms with Crippen molar-refractivity contribution in [2.24, 2.45) is 0 Å². The van der Waals surface area contributed by atoms with E-state index in [1.54, 1.807) is 35.0 Å². The van der Waals surface area contributed by atoms with Crippen LogP contribution >= 0.6 is 15.9 Å². The van der Waals surface area contributed by atoms with Gasteiger partial charge in [-0.3, -0.25) is 4.40 Å². The highest BCUT2D eigenvalue weighted by atomic mass is 79.9. The van der Waals surface area contributed by atoms with E-state index < -0.39 is 11.6 Å². The maximum Gasteiger partial charge on any atom is 0.205 e. The molecule has 2 aromatic heterocycles. The molecule has 2 heterocycles. The minimum Gasteiger partial charge on any atom is -0.437 e. The van der Waals surface area contributed by atoms with Gasteiger partial charge in [0, 0.05) is 16.9 Å². The molecule has 0 aliphatic heterocycles. The zero-order chi connectivity index (χ0) is 13.4. The van der Waals surface area contributed by atoms with E-state index in [0.717, 1.165) is 6.07 Å². The van der Waals surface area contributed by atoms with Gasteiger partial charge in [0.2, 0.25) is 11.7 Å². The van der Waals surface area contributed by atoms with Crippen molar-refractivity contribution < 1.29 is 13.5 Å². The van der Waals surface area contributed by atoms with Crippen LogP contribution in [-0.2, 0) is 0 Å². The van der Waals surface area contributed by atoms with Crippen LogP contribution in [0.4, 0.5) is 8.78 Å². The second kappa shape index (κ2) is 4.62. The van der Waals surface area contributed by atoms with Gasteiger partial charge in [-0.05, 0) is 24.3 Å². The first kappa shape index (κ1) is 12.1. The zero-order valence-corrected chi connectivity index (χ0v) is 11.1. The van der Waals surface area contributed by atoms with Crippen molar-refractivity contribution in [3.05, 3.63) is 58.8 Å². The van der Waals surface area contributed by atoms with Crippen LogP contribution < -0.4 is 4.74 Å². The Labute approximate surface area is 115 Å². The molecule has 0 aliphatic rings. The van der Waals surface area contributed by atoms with E-state index in [-0.39, 0.29) is 5.75 Å². The molecule has 0 saturated heterocycles. The Bertz CT molecular complexity index is 757. The second-order valence-electron chi connectivity index (χ2n) is 3.82. The summed E-state index contributed by atoms with van der Waals surface area (Å²) in [5.74, 6) is -1.83. The van der Waals surface area contributed by atoms with Crippen LogP contribution in [-0.4, -0.2) is 9.38 Å². The highest BCUT2D eigenvalue weighted by molar-refractivity contribution is 9.10. The normalized spacial score (nSPS) is 10.9. The molecule has 3 rings (SSSR count). The van der Waals surface area contributed by atoms with Gasteiger partial charge in [-0.2, -0.15) is 4.39 Å². The van der Waals surface area contributed by atoms with Gasteiger partial charge in [-0.25, -0.2) is 9.37 Å². The minimum atomic E-state index is -1.03. The van der Waals surface area contributed by atoms with E-state index in [0.29, 0.717) is 16.0 Å². The third kappa shape index (κ3) is 2.19. The van der Waals surface area contributed by atoms with Gasteiger partial charge in [-0.1, -0.05) is 22.0 Å². The zero-order valence-electron chi connectivity index (χ0n) is 9.48. The summed E-state index contributed by atoms with van der Waals surface area (Å²) in [4.78, 5) is 4.08. The number of pyridine rings is 1. The topological polar surface area (TPSA) is 26.5 Å². The average Bonchev–Trinajstić information content (AvgIpc) is 2.84. The number of rotatable bonds is 2. The van der Waals surface area contributed by atoms with E-state index in [2.05, 4.69) is 20.9 Å². The number of aromatic nitrogens is 2. The summed E-state index contributed by atoms with van der Waals surface area (Å²) >= 11 is 3.10. The first-order valence-corrected chi connectivity index (χ1v) is 6.19. The van der Waals surface area contributed by atoms with Gasteiger partial charge < -0.3 is 4.74 Å². The van der Waals surface area contributed by atoms with Crippen molar-refractivity contribution in [1.29, 1.82) is 0 Å². The maximum absolute atomic E-state index is 13.6. The summed E-state index contributed by atoms with van der Waals surface area (Å²) < 4.78 is 34.4. The first-order chi connectivity index (χ1) is 9.15. The Morgan fingerprint density at radius 1 is 1.21 bits per heavy atom. The number of hydrogen-bond acceptors (Lipinski definition) is 2. The quantitative estimate of drug-likeness (QED) is 0.661. The number of fused-ring (bicyclic) bond motifs is 1. The molecule has 0 aliphatic carbocycles. The summed E-state index contributed by atoms with van der Waals surface area (Å²) in [6.07, 6.45) is 3.27. The van der Waals surface area contributed by atoms with Crippen LogP contribution in [0.25, 0.3) is 5.65 Å². The molecule has 0 unspecified atom stereocenters. The molecule has 0 N–H and O–H groups in total. The lowest BCUT2D eigenvalue weighted by Crippen LogP contribution is -1.96. The monoisotopic (exact) mass is 324 g/mol. The SMILES string of the molecule is Fc1cc(Br)cc(Oc2cccc3nccn23)c1F. The maximum atomic E-state index is 13.6. The van der Waals surface area contributed by atoms with E-state index in [1.807, 2.05) is 0 Å². The molecule has 1 aromatic carbocycles. The predicted octanol–water partition coefficient (Wildman–Crippen LogP) is 4.17. The largest absolute Gasteiger partial charge is 0.437 e. The Hall–Kier alpha value is -1.95. The van der Waals surface area contributed by atoms with Crippen LogP contribution in [0.5, 0.6) is 11.6 Å². The van der Waals surface area contributed by atoms with Crippen molar-refractivity contribution in [2.75, 3.05) is 0 Å². The molecule has 6 heteroatoms. The van der Waals surface area contributed by atoms with Crippen molar-refractivity contribution in [3.63, 3.8) is 0 Å². The number of benzene rings is 1. The Morgan fingerprint density at radius 3 is 2.89 bits per heavy atom. The Balaban J connectivity index is 2.08. The summed E-state index contributed by atoms with van der Waals surface area (Å²) in [5.41, 5.74) is 0.661. The molecule has 0 fully saturated rings. The lowest BCUT2D eigenvalue weighted by Gasteiger charge is -2.09. The van der Waals surface area contributed by atoms with Crippen molar-refractivity contribution in [2.45, 2.75) is 0 Å². The fraction of sp³-hybridized carbons (Fsp3) is 0. The molecule has 96 valence electrons. The number of ether oxygens (including phenoxy) is 1. The molecule has 0 atom stereocenters. The van der Waals surface area contributed by atoms with Crippen molar-refractivity contribution >= 4 is 21.6 Å². The van der Waals surface area contributed by atoms with Crippen LogP contribution in [0.3, 0.4) is 0 Å².